The molecule has 0 atom stereocenters. The van der Waals surface area contributed by atoms with Crippen LogP contribution in [0.3, 0.4) is 0 Å². The van der Waals surface area contributed by atoms with Gasteiger partial charge in [0.1, 0.15) is 6.07 Å². The van der Waals surface area contributed by atoms with Crippen molar-refractivity contribution in [1.29, 1.82) is 5.26 Å². The van der Waals surface area contributed by atoms with Crippen molar-refractivity contribution in [3.8, 4) is 6.07 Å². The van der Waals surface area contributed by atoms with Crippen molar-refractivity contribution < 1.29 is 19.1 Å². The molecule has 0 radical (unpaired) electrons. The van der Waals surface area contributed by atoms with E-state index in [2.05, 4.69) is 4.74 Å². The Morgan fingerprint density at radius 2 is 2.40 bits per heavy atom. The number of esters is 1. The summed E-state index contributed by atoms with van der Waals surface area (Å²) in [7, 11) is 0. The Kier molecular flexibility index (Phi) is 4.10. The number of rotatable bonds is 4. The number of carbonyl (C=O) groups excluding carboxylic acids is 1. The Bertz CT molecular complexity index is 384. The molecule has 15 heavy (non-hydrogen) atoms. The quantitative estimate of drug-likeness (QED) is 0.519. The number of aromatic nitrogens is 1. The number of ether oxygens (including phenoxy) is 1. The van der Waals surface area contributed by atoms with Gasteiger partial charge in [-0.15, -0.1) is 0 Å². The molecule has 0 aromatic carbocycles. The Morgan fingerprint density at radius 3 is 3.07 bits per heavy atom. The molecule has 0 aliphatic rings. The maximum absolute atomic E-state index is 11.4. The van der Waals surface area contributed by atoms with E-state index in [1.807, 2.05) is 6.92 Å². The van der Waals surface area contributed by atoms with Crippen molar-refractivity contribution in [1.82, 2.24) is 0 Å². The van der Waals surface area contributed by atoms with Gasteiger partial charge in [0.05, 0.1) is 0 Å². The maximum Gasteiger partial charge on any atom is 0.409 e. The second-order valence-electron chi connectivity index (χ2n) is 2.56. The van der Waals surface area contributed by atoms with Crippen LogP contribution in [0, 0.1) is 11.3 Å². The molecule has 0 unspecified atom stereocenters. The van der Waals surface area contributed by atoms with Crippen molar-refractivity contribution in [3.63, 3.8) is 0 Å². The fourth-order valence-corrected chi connectivity index (χ4v) is 1.01. The highest BCUT2D eigenvalue weighted by Gasteiger charge is 2.21. The van der Waals surface area contributed by atoms with Gasteiger partial charge < -0.3 is 4.74 Å². The molecular weight excluding hydrogens is 196 g/mol. The molecule has 5 nitrogen and oxygen atoms in total. The molecule has 1 aromatic heterocycles. The molecule has 1 aromatic rings. The highest BCUT2D eigenvalue weighted by atomic mass is 16.7. The van der Waals surface area contributed by atoms with Gasteiger partial charge in [0.2, 0.25) is 6.20 Å². The standard InChI is InChI=1S/C10H11N2O3/c1-2-15-12-7-4-3-5-9(12)10(13)14-8-6-11/h3-5,7H,2,8H2,1H3/q+1. The van der Waals surface area contributed by atoms with Crippen LogP contribution >= 0.6 is 0 Å². The summed E-state index contributed by atoms with van der Waals surface area (Å²) in [4.78, 5) is 16.6. The van der Waals surface area contributed by atoms with Gasteiger partial charge >= 0.3 is 11.7 Å². The minimum Gasteiger partial charge on any atom is -0.442 e. The molecule has 0 saturated heterocycles. The fraction of sp³-hybridized carbons (Fsp3) is 0.300. The first-order chi connectivity index (χ1) is 7.29. The van der Waals surface area contributed by atoms with E-state index in [4.69, 9.17) is 10.1 Å². The van der Waals surface area contributed by atoms with E-state index in [0.717, 1.165) is 0 Å². The summed E-state index contributed by atoms with van der Waals surface area (Å²) in [5.74, 6) is -0.578. The van der Waals surface area contributed by atoms with Crippen molar-refractivity contribution in [2.24, 2.45) is 0 Å². The van der Waals surface area contributed by atoms with Crippen molar-refractivity contribution in [3.05, 3.63) is 30.1 Å². The van der Waals surface area contributed by atoms with Gasteiger partial charge in [0.15, 0.2) is 13.2 Å². The predicted molar refractivity (Wildman–Crippen MR) is 49.7 cm³/mol. The molecule has 5 heteroatoms. The monoisotopic (exact) mass is 207 g/mol. The summed E-state index contributed by atoms with van der Waals surface area (Å²) in [5, 5.41) is 8.27. The highest BCUT2D eigenvalue weighted by Crippen LogP contribution is 1.94. The molecular formula is C10H11N2O3+. The molecule has 0 saturated carbocycles. The van der Waals surface area contributed by atoms with Crippen molar-refractivity contribution in [2.45, 2.75) is 6.92 Å². The zero-order valence-electron chi connectivity index (χ0n) is 8.34. The third-order valence-electron chi connectivity index (χ3n) is 1.57. The predicted octanol–water partition coefficient (Wildman–Crippen LogP) is 0.103. The van der Waals surface area contributed by atoms with Crippen LogP contribution < -0.4 is 9.57 Å². The molecule has 0 amide bonds. The largest absolute Gasteiger partial charge is 0.442 e. The van der Waals surface area contributed by atoms with E-state index in [9.17, 15) is 4.79 Å². The molecule has 1 rings (SSSR count). The molecule has 1 heterocycles. The average Bonchev–Trinajstić information content (AvgIpc) is 2.27. The molecule has 0 aliphatic heterocycles. The summed E-state index contributed by atoms with van der Waals surface area (Å²) < 4.78 is 5.98. The first kappa shape index (κ1) is 11.0. The molecule has 0 spiro atoms. The minimum atomic E-state index is -0.578. The maximum atomic E-state index is 11.4. The first-order valence-electron chi connectivity index (χ1n) is 4.47. The normalized spacial score (nSPS) is 9.07. The third kappa shape index (κ3) is 2.95. The van der Waals surface area contributed by atoms with Crippen LogP contribution in [0.15, 0.2) is 24.4 Å². The SMILES string of the molecule is CCO[n+]1ccccc1C(=O)OCC#N. The Balaban J connectivity index is 2.83. The number of carbonyl (C=O) groups is 1. The first-order valence-corrected chi connectivity index (χ1v) is 4.47. The number of hydrogen-bond acceptors (Lipinski definition) is 4. The zero-order valence-corrected chi connectivity index (χ0v) is 8.34. The van der Waals surface area contributed by atoms with Crippen LogP contribution in [0.25, 0.3) is 0 Å². The van der Waals surface area contributed by atoms with Crippen molar-refractivity contribution >= 4 is 5.97 Å². The highest BCUT2D eigenvalue weighted by molar-refractivity contribution is 5.85. The van der Waals surface area contributed by atoms with E-state index in [-0.39, 0.29) is 12.3 Å². The molecule has 0 fully saturated rings. The van der Waals surface area contributed by atoms with E-state index in [1.54, 1.807) is 30.5 Å². The summed E-state index contributed by atoms with van der Waals surface area (Å²) >= 11 is 0. The van der Waals surface area contributed by atoms with E-state index < -0.39 is 5.97 Å². The van der Waals surface area contributed by atoms with Crippen LogP contribution in [0.5, 0.6) is 0 Å². The van der Waals surface area contributed by atoms with Crippen molar-refractivity contribution in [2.75, 3.05) is 13.2 Å². The van der Waals surface area contributed by atoms with Gasteiger partial charge in [0, 0.05) is 16.9 Å². The summed E-state index contributed by atoms with van der Waals surface area (Å²) in [6, 6.07) is 6.72. The second-order valence-corrected chi connectivity index (χ2v) is 2.56. The van der Waals surface area contributed by atoms with Gasteiger partial charge in [-0.2, -0.15) is 5.26 Å². The smallest absolute Gasteiger partial charge is 0.409 e. The minimum absolute atomic E-state index is 0.259. The van der Waals surface area contributed by atoms with Gasteiger partial charge in [-0.3, -0.25) is 4.84 Å². The average molecular weight is 207 g/mol. The van der Waals surface area contributed by atoms with Gasteiger partial charge in [-0.1, -0.05) is 0 Å². The molecule has 0 bridgehead atoms. The Labute approximate surface area is 87.4 Å². The van der Waals surface area contributed by atoms with E-state index in [0.29, 0.717) is 6.61 Å². The summed E-state index contributed by atoms with van der Waals surface area (Å²) in [6.45, 7) is 1.98. The van der Waals surface area contributed by atoms with Crippen LogP contribution in [0.1, 0.15) is 17.4 Å². The lowest BCUT2D eigenvalue weighted by molar-refractivity contribution is -0.892. The van der Waals surface area contributed by atoms with E-state index >= 15 is 0 Å². The van der Waals surface area contributed by atoms with Gasteiger partial charge in [0.25, 0.3) is 0 Å². The Hall–Kier alpha value is -2.09. The zero-order chi connectivity index (χ0) is 11.1. The molecule has 0 N–H and O–H groups in total. The third-order valence-corrected chi connectivity index (χ3v) is 1.57. The second kappa shape index (κ2) is 5.60. The Morgan fingerprint density at radius 1 is 1.60 bits per heavy atom. The fourth-order valence-electron chi connectivity index (χ4n) is 1.01. The van der Waals surface area contributed by atoms with Crippen LogP contribution in [0.4, 0.5) is 0 Å². The topological polar surface area (TPSA) is 63.2 Å². The lowest BCUT2D eigenvalue weighted by Crippen LogP contribution is -2.47. The number of hydrogen-bond donors (Lipinski definition) is 0. The van der Waals surface area contributed by atoms with Gasteiger partial charge in [-0.25, -0.2) is 4.79 Å². The number of pyridine rings is 1. The molecule has 78 valence electrons. The van der Waals surface area contributed by atoms with E-state index in [1.165, 1.54) is 4.73 Å². The lowest BCUT2D eigenvalue weighted by atomic mass is 10.3. The lowest BCUT2D eigenvalue weighted by Gasteiger charge is -1.99. The van der Waals surface area contributed by atoms with Crippen LogP contribution in [0.2, 0.25) is 0 Å². The van der Waals surface area contributed by atoms with Crippen LogP contribution in [-0.2, 0) is 4.74 Å². The van der Waals surface area contributed by atoms with Gasteiger partial charge in [-0.05, 0) is 13.0 Å². The van der Waals surface area contributed by atoms with Crippen LogP contribution in [-0.4, -0.2) is 19.2 Å². The number of nitriles is 1. The molecule has 0 aliphatic carbocycles. The summed E-state index contributed by atoms with van der Waals surface area (Å²) in [5.41, 5.74) is 0.259. The summed E-state index contributed by atoms with van der Waals surface area (Å²) in [6.07, 6.45) is 1.60. The number of nitrogens with zero attached hydrogens (tertiary/aromatic N) is 2.